The highest BCUT2D eigenvalue weighted by molar-refractivity contribution is 6.16. The molecule has 3 nitrogen and oxygen atoms in total. The van der Waals surface area contributed by atoms with Gasteiger partial charge in [-0.2, -0.15) is 0 Å². The van der Waals surface area contributed by atoms with Gasteiger partial charge in [0.05, 0.1) is 5.88 Å². The first-order valence-electron chi connectivity index (χ1n) is 6.06. The molecule has 100 valence electrons. The third-order valence-electron chi connectivity index (χ3n) is 2.89. The van der Waals surface area contributed by atoms with E-state index in [0.29, 0.717) is 18.1 Å². The number of nitrogens with zero attached hydrogens (tertiary/aromatic N) is 1. The van der Waals surface area contributed by atoms with Crippen molar-refractivity contribution in [2.45, 2.75) is 19.3 Å². The van der Waals surface area contributed by atoms with Crippen molar-refractivity contribution in [1.82, 2.24) is 4.90 Å². The molecule has 0 aliphatic carbocycles. The van der Waals surface area contributed by atoms with E-state index >= 15 is 0 Å². The average Bonchev–Trinajstić information content (AvgIpc) is 2.89. The van der Waals surface area contributed by atoms with Gasteiger partial charge in [-0.1, -0.05) is 29.8 Å². The highest BCUT2D eigenvalue weighted by Crippen LogP contribution is 2.14. The molecule has 0 radical (unpaired) electrons. The van der Waals surface area contributed by atoms with Crippen molar-refractivity contribution in [2.75, 3.05) is 7.05 Å². The summed E-state index contributed by atoms with van der Waals surface area (Å²) in [5.74, 6) is 1.06. The molecule has 0 spiro atoms. The first-order valence-corrected chi connectivity index (χ1v) is 6.59. The standard InChI is InChI=1S/C15H16ClNO2/c1-11-3-5-12(6-4-11)10-17(2)15(18)14-8-7-13(9-16)19-14/h3-8H,9-10H2,1-2H3. The minimum absolute atomic E-state index is 0.142. The van der Waals surface area contributed by atoms with Crippen LogP contribution in [0.2, 0.25) is 0 Å². The molecule has 0 aliphatic rings. The van der Waals surface area contributed by atoms with Crippen LogP contribution < -0.4 is 0 Å². The van der Waals surface area contributed by atoms with Crippen molar-refractivity contribution < 1.29 is 9.21 Å². The molecule has 2 aromatic rings. The molecule has 0 saturated carbocycles. The normalized spacial score (nSPS) is 10.5. The van der Waals surface area contributed by atoms with Crippen LogP contribution in [0.1, 0.15) is 27.4 Å². The summed E-state index contributed by atoms with van der Waals surface area (Å²) in [5.41, 5.74) is 2.29. The van der Waals surface area contributed by atoms with Gasteiger partial charge in [0.15, 0.2) is 5.76 Å². The lowest BCUT2D eigenvalue weighted by Crippen LogP contribution is -2.25. The molecule has 1 aromatic carbocycles. The van der Waals surface area contributed by atoms with E-state index in [1.165, 1.54) is 5.56 Å². The first-order chi connectivity index (χ1) is 9.10. The second-order valence-electron chi connectivity index (χ2n) is 4.55. The van der Waals surface area contributed by atoms with E-state index in [9.17, 15) is 4.79 Å². The molecule has 4 heteroatoms. The van der Waals surface area contributed by atoms with Crippen LogP contribution in [0.15, 0.2) is 40.8 Å². The summed E-state index contributed by atoms with van der Waals surface area (Å²) in [4.78, 5) is 13.8. The van der Waals surface area contributed by atoms with Crippen LogP contribution >= 0.6 is 11.6 Å². The molecule has 19 heavy (non-hydrogen) atoms. The zero-order valence-corrected chi connectivity index (χ0v) is 11.8. The van der Waals surface area contributed by atoms with Crippen LogP contribution in [0, 0.1) is 6.92 Å². The fraction of sp³-hybridized carbons (Fsp3) is 0.267. The lowest BCUT2D eigenvalue weighted by atomic mass is 10.1. The minimum atomic E-state index is -0.142. The summed E-state index contributed by atoms with van der Waals surface area (Å²) in [7, 11) is 1.76. The molecule has 0 N–H and O–H groups in total. The number of furan rings is 1. The van der Waals surface area contributed by atoms with Crippen LogP contribution in [0.3, 0.4) is 0 Å². The second-order valence-corrected chi connectivity index (χ2v) is 4.81. The van der Waals surface area contributed by atoms with Crippen molar-refractivity contribution in [2.24, 2.45) is 0 Å². The van der Waals surface area contributed by atoms with Gasteiger partial charge >= 0.3 is 0 Å². The molecule has 0 atom stereocenters. The van der Waals surface area contributed by atoms with Crippen LogP contribution in [-0.2, 0) is 12.4 Å². The maximum Gasteiger partial charge on any atom is 0.289 e. The molecule has 0 fully saturated rings. The molecule has 0 unspecified atom stereocenters. The number of amides is 1. The Morgan fingerprint density at radius 1 is 1.21 bits per heavy atom. The monoisotopic (exact) mass is 277 g/mol. The highest BCUT2D eigenvalue weighted by Gasteiger charge is 2.15. The number of aryl methyl sites for hydroxylation is 1. The summed E-state index contributed by atoms with van der Waals surface area (Å²) in [6.45, 7) is 2.59. The topological polar surface area (TPSA) is 33.5 Å². The molecular formula is C15H16ClNO2. The van der Waals surface area contributed by atoms with Crippen molar-refractivity contribution in [3.05, 3.63) is 59.0 Å². The molecular weight excluding hydrogens is 262 g/mol. The molecule has 0 saturated heterocycles. The Hall–Kier alpha value is -1.74. The SMILES string of the molecule is Cc1ccc(CN(C)C(=O)c2ccc(CCl)o2)cc1. The van der Waals surface area contributed by atoms with E-state index in [1.807, 2.05) is 31.2 Å². The van der Waals surface area contributed by atoms with E-state index in [4.69, 9.17) is 16.0 Å². The van der Waals surface area contributed by atoms with Gasteiger partial charge in [-0.3, -0.25) is 4.79 Å². The van der Waals surface area contributed by atoms with Gasteiger partial charge < -0.3 is 9.32 Å². The maximum atomic E-state index is 12.1. The Kier molecular flexibility index (Phi) is 4.27. The average molecular weight is 278 g/mol. The van der Waals surface area contributed by atoms with Gasteiger partial charge in [0, 0.05) is 13.6 Å². The second kappa shape index (κ2) is 5.93. The van der Waals surface area contributed by atoms with Crippen molar-refractivity contribution >= 4 is 17.5 Å². The Morgan fingerprint density at radius 2 is 1.89 bits per heavy atom. The fourth-order valence-electron chi connectivity index (χ4n) is 1.79. The molecule has 0 bridgehead atoms. The number of carbonyl (C=O) groups is 1. The maximum absolute atomic E-state index is 12.1. The van der Waals surface area contributed by atoms with Crippen LogP contribution in [0.25, 0.3) is 0 Å². The number of alkyl halides is 1. The third kappa shape index (κ3) is 3.38. The zero-order valence-electron chi connectivity index (χ0n) is 11.0. The van der Waals surface area contributed by atoms with E-state index in [-0.39, 0.29) is 11.8 Å². The molecule has 1 heterocycles. The van der Waals surface area contributed by atoms with Gasteiger partial charge in [-0.15, -0.1) is 11.6 Å². The van der Waals surface area contributed by atoms with Crippen molar-refractivity contribution in [3.8, 4) is 0 Å². The minimum Gasteiger partial charge on any atom is -0.455 e. The number of hydrogen-bond acceptors (Lipinski definition) is 2. The van der Waals surface area contributed by atoms with Gasteiger partial charge in [0.1, 0.15) is 5.76 Å². The largest absolute Gasteiger partial charge is 0.455 e. The van der Waals surface area contributed by atoms with Crippen LogP contribution in [-0.4, -0.2) is 17.9 Å². The summed E-state index contributed by atoms with van der Waals surface area (Å²) in [6, 6.07) is 11.5. The third-order valence-corrected chi connectivity index (χ3v) is 3.15. The number of rotatable bonds is 4. The van der Waals surface area contributed by atoms with Gasteiger partial charge in [0.25, 0.3) is 5.91 Å². The Morgan fingerprint density at radius 3 is 2.47 bits per heavy atom. The Labute approximate surface area is 117 Å². The quantitative estimate of drug-likeness (QED) is 0.800. The van der Waals surface area contributed by atoms with Crippen LogP contribution in [0.5, 0.6) is 0 Å². The predicted octanol–water partition coefficient (Wildman–Crippen LogP) is 3.60. The van der Waals surface area contributed by atoms with Gasteiger partial charge in [-0.05, 0) is 24.6 Å². The van der Waals surface area contributed by atoms with Gasteiger partial charge in [0.2, 0.25) is 0 Å². The van der Waals surface area contributed by atoms with Gasteiger partial charge in [-0.25, -0.2) is 0 Å². The molecule has 0 aliphatic heterocycles. The van der Waals surface area contributed by atoms with Crippen molar-refractivity contribution in [1.29, 1.82) is 0 Å². The van der Waals surface area contributed by atoms with E-state index < -0.39 is 0 Å². The zero-order chi connectivity index (χ0) is 13.8. The Bertz CT molecular complexity index is 560. The lowest BCUT2D eigenvalue weighted by molar-refractivity contribution is 0.0752. The molecule has 1 amide bonds. The van der Waals surface area contributed by atoms with Crippen molar-refractivity contribution in [3.63, 3.8) is 0 Å². The molecule has 1 aromatic heterocycles. The number of benzene rings is 1. The fourth-order valence-corrected chi connectivity index (χ4v) is 1.94. The summed E-state index contributed by atoms with van der Waals surface area (Å²) >= 11 is 5.65. The van der Waals surface area contributed by atoms with Crippen LogP contribution in [0.4, 0.5) is 0 Å². The highest BCUT2D eigenvalue weighted by atomic mass is 35.5. The number of hydrogen-bond donors (Lipinski definition) is 0. The first kappa shape index (κ1) is 13.7. The smallest absolute Gasteiger partial charge is 0.289 e. The van der Waals surface area contributed by atoms with E-state index in [1.54, 1.807) is 24.1 Å². The number of halogens is 1. The summed E-state index contributed by atoms with van der Waals surface area (Å²) < 4.78 is 5.35. The summed E-state index contributed by atoms with van der Waals surface area (Å²) in [5, 5.41) is 0. The van der Waals surface area contributed by atoms with E-state index in [2.05, 4.69) is 0 Å². The Balaban J connectivity index is 2.04. The lowest BCUT2D eigenvalue weighted by Gasteiger charge is -2.15. The number of carbonyl (C=O) groups excluding carboxylic acids is 1. The summed E-state index contributed by atoms with van der Waals surface area (Å²) in [6.07, 6.45) is 0. The van der Waals surface area contributed by atoms with E-state index in [0.717, 1.165) is 5.56 Å². The predicted molar refractivity (Wildman–Crippen MR) is 75.2 cm³/mol. The molecule has 2 rings (SSSR count).